The van der Waals surface area contributed by atoms with Crippen LogP contribution in [-0.4, -0.2) is 7.11 Å². The SMILES string of the molecule is COc1ccccc1C(NN)c1cc(Cl)ccc1Cl. The van der Waals surface area contributed by atoms with Crippen molar-refractivity contribution in [3.8, 4) is 5.75 Å². The van der Waals surface area contributed by atoms with Gasteiger partial charge in [0.2, 0.25) is 0 Å². The molecule has 2 aromatic carbocycles. The van der Waals surface area contributed by atoms with Gasteiger partial charge in [0, 0.05) is 15.6 Å². The molecule has 100 valence electrons. The second-order valence-corrected chi connectivity index (χ2v) is 4.85. The van der Waals surface area contributed by atoms with E-state index >= 15 is 0 Å². The van der Waals surface area contributed by atoms with Crippen LogP contribution >= 0.6 is 23.2 Å². The number of halogens is 2. The maximum Gasteiger partial charge on any atom is 0.124 e. The fourth-order valence-electron chi connectivity index (χ4n) is 1.99. The lowest BCUT2D eigenvalue weighted by Gasteiger charge is -2.20. The molecule has 0 bridgehead atoms. The van der Waals surface area contributed by atoms with Gasteiger partial charge in [-0.15, -0.1) is 0 Å². The van der Waals surface area contributed by atoms with Gasteiger partial charge in [0.05, 0.1) is 13.2 Å². The van der Waals surface area contributed by atoms with Crippen LogP contribution in [0.2, 0.25) is 10.0 Å². The van der Waals surface area contributed by atoms with Gasteiger partial charge in [-0.25, -0.2) is 5.43 Å². The van der Waals surface area contributed by atoms with Crippen molar-refractivity contribution in [2.45, 2.75) is 6.04 Å². The van der Waals surface area contributed by atoms with Gasteiger partial charge in [-0.2, -0.15) is 0 Å². The Labute approximate surface area is 122 Å². The molecule has 2 rings (SSSR count). The number of para-hydroxylation sites is 1. The summed E-state index contributed by atoms with van der Waals surface area (Å²) in [6.45, 7) is 0. The highest BCUT2D eigenvalue weighted by molar-refractivity contribution is 6.33. The third kappa shape index (κ3) is 3.01. The van der Waals surface area contributed by atoms with E-state index in [0.717, 1.165) is 16.9 Å². The molecule has 0 saturated carbocycles. The number of ether oxygens (including phenoxy) is 1. The minimum Gasteiger partial charge on any atom is -0.496 e. The van der Waals surface area contributed by atoms with Crippen LogP contribution < -0.4 is 16.0 Å². The molecule has 0 fully saturated rings. The lowest BCUT2D eigenvalue weighted by Crippen LogP contribution is -2.29. The highest BCUT2D eigenvalue weighted by Gasteiger charge is 2.19. The van der Waals surface area contributed by atoms with E-state index in [1.807, 2.05) is 24.3 Å². The van der Waals surface area contributed by atoms with E-state index in [4.69, 9.17) is 33.8 Å². The summed E-state index contributed by atoms with van der Waals surface area (Å²) in [5.41, 5.74) is 4.46. The molecule has 0 aromatic heterocycles. The zero-order valence-electron chi connectivity index (χ0n) is 10.4. The molecule has 1 atom stereocenters. The average molecular weight is 297 g/mol. The van der Waals surface area contributed by atoms with Gasteiger partial charge in [0.1, 0.15) is 5.75 Å². The molecule has 1 unspecified atom stereocenters. The number of benzene rings is 2. The normalized spacial score (nSPS) is 12.2. The van der Waals surface area contributed by atoms with Crippen LogP contribution in [0.15, 0.2) is 42.5 Å². The van der Waals surface area contributed by atoms with Crippen molar-refractivity contribution in [1.29, 1.82) is 0 Å². The average Bonchev–Trinajstić information content (AvgIpc) is 2.44. The molecular formula is C14H14Cl2N2O. The quantitative estimate of drug-likeness (QED) is 0.670. The number of hydrogen-bond donors (Lipinski definition) is 2. The Morgan fingerprint density at radius 2 is 1.84 bits per heavy atom. The van der Waals surface area contributed by atoms with Gasteiger partial charge < -0.3 is 4.74 Å². The van der Waals surface area contributed by atoms with Crippen molar-refractivity contribution in [2.24, 2.45) is 5.84 Å². The summed E-state index contributed by atoms with van der Waals surface area (Å²) in [6.07, 6.45) is 0. The van der Waals surface area contributed by atoms with E-state index in [0.29, 0.717) is 10.0 Å². The van der Waals surface area contributed by atoms with E-state index in [-0.39, 0.29) is 6.04 Å². The number of hydrazine groups is 1. The predicted molar refractivity (Wildman–Crippen MR) is 78.6 cm³/mol. The second kappa shape index (κ2) is 6.26. The van der Waals surface area contributed by atoms with Gasteiger partial charge in [0.15, 0.2) is 0 Å². The molecule has 0 aliphatic rings. The molecule has 0 saturated heterocycles. The summed E-state index contributed by atoms with van der Waals surface area (Å²) in [5, 5.41) is 1.20. The lowest BCUT2D eigenvalue weighted by atomic mass is 9.98. The van der Waals surface area contributed by atoms with E-state index in [9.17, 15) is 0 Å². The van der Waals surface area contributed by atoms with Crippen molar-refractivity contribution < 1.29 is 4.74 Å². The molecule has 0 amide bonds. The first kappa shape index (κ1) is 14.2. The van der Waals surface area contributed by atoms with Gasteiger partial charge in [-0.3, -0.25) is 5.84 Å². The Hall–Kier alpha value is -1.26. The predicted octanol–water partition coefficient (Wildman–Crippen LogP) is 3.55. The van der Waals surface area contributed by atoms with Crippen LogP contribution in [0.3, 0.4) is 0 Å². The van der Waals surface area contributed by atoms with E-state index < -0.39 is 0 Å². The van der Waals surface area contributed by atoms with Crippen LogP contribution in [0.4, 0.5) is 0 Å². The zero-order chi connectivity index (χ0) is 13.8. The first-order chi connectivity index (χ1) is 9.17. The Bertz CT molecular complexity index is 575. The molecule has 2 aromatic rings. The third-order valence-electron chi connectivity index (χ3n) is 2.89. The molecule has 3 nitrogen and oxygen atoms in total. The summed E-state index contributed by atoms with van der Waals surface area (Å²) in [7, 11) is 1.62. The number of rotatable bonds is 4. The lowest BCUT2D eigenvalue weighted by molar-refractivity contribution is 0.404. The molecule has 0 aliphatic heterocycles. The Morgan fingerprint density at radius 1 is 1.11 bits per heavy atom. The minimum absolute atomic E-state index is 0.289. The topological polar surface area (TPSA) is 47.3 Å². The van der Waals surface area contributed by atoms with Gasteiger partial charge in [0.25, 0.3) is 0 Å². The smallest absolute Gasteiger partial charge is 0.124 e. The fraction of sp³-hybridized carbons (Fsp3) is 0.143. The minimum atomic E-state index is -0.289. The first-order valence-corrected chi connectivity index (χ1v) is 6.47. The number of hydrogen-bond acceptors (Lipinski definition) is 3. The van der Waals surface area contributed by atoms with Crippen molar-refractivity contribution in [2.75, 3.05) is 7.11 Å². The molecule has 19 heavy (non-hydrogen) atoms. The number of nitrogens with two attached hydrogens (primary N) is 1. The van der Waals surface area contributed by atoms with Crippen molar-refractivity contribution in [3.05, 3.63) is 63.6 Å². The number of methoxy groups -OCH3 is 1. The maximum atomic E-state index is 6.22. The summed E-state index contributed by atoms with van der Waals surface area (Å²) in [6, 6.07) is 12.6. The van der Waals surface area contributed by atoms with Crippen molar-refractivity contribution in [3.63, 3.8) is 0 Å². The monoisotopic (exact) mass is 296 g/mol. The number of nitrogens with one attached hydrogen (secondary N) is 1. The maximum absolute atomic E-state index is 6.22. The van der Waals surface area contributed by atoms with Gasteiger partial charge in [-0.05, 0) is 29.8 Å². The van der Waals surface area contributed by atoms with Crippen LogP contribution in [0.25, 0.3) is 0 Å². The molecular weight excluding hydrogens is 283 g/mol. The molecule has 0 aliphatic carbocycles. The van der Waals surface area contributed by atoms with Gasteiger partial charge >= 0.3 is 0 Å². The van der Waals surface area contributed by atoms with E-state index in [2.05, 4.69) is 5.43 Å². The summed E-state index contributed by atoms with van der Waals surface area (Å²) in [5.74, 6) is 6.41. The second-order valence-electron chi connectivity index (χ2n) is 4.01. The van der Waals surface area contributed by atoms with Crippen molar-refractivity contribution >= 4 is 23.2 Å². The van der Waals surface area contributed by atoms with E-state index in [1.165, 1.54) is 0 Å². The molecule has 0 spiro atoms. The summed E-state index contributed by atoms with van der Waals surface area (Å²) in [4.78, 5) is 0. The van der Waals surface area contributed by atoms with Crippen LogP contribution in [-0.2, 0) is 0 Å². The molecule has 0 heterocycles. The van der Waals surface area contributed by atoms with E-state index in [1.54, 1.807) is 25.3 Å². The Kier molecular flexibility index (Phi) is 4.66. The van der Waals surface area contributed by atoms with Crippen LogP contribution in [0.1, 0.15) is 17.2 Å². The highest BCUT2D eigenvalue weighted by Crippen LogP contribution is 2.34. The van der Waals surface area contributed by atoms with Crippen molar-refractivity contribution in [1.82, 2.24) is 5.43 Å². The third-order valence-corrected chi connectivity index (χ3v) is 3.46. The molecule has 0 radical (unpaired) electrons. The zero-order valence-corrected chi connectivity index (χ0v) is 11.9. The summed E-state index contributed by atoms with van der Waals surface area (Å²) >= 11 is 12.2. The van der Waals surface area contributed by atoms with Crippen LogP contribution in [0, 0.1) is 0 Å². The largest absolute Gasteiger partial charge is 0.496 e. The van der Waals surface area contributed by atoms with Gasteiger partial charge in [-0.1, -0.05) is 41.4 Å². The Balaban J connectivity index is 2.53. The fourth-order valence-corrected chi connectivity index (χ4v) is 2.40. The standard InChI is InChI=1S/C14H14Cl2N2O/c1-19-13-5-3-2-4-10(13)14(18-17)11-8-9(15)6-7-12(11)16/h2-8,14,18H,17H2,1H3. The molecule has 3 N–H and O–H groups in total. The summed E-state index contributed by atoms with van der Waals surface area (Å²) < 4.78 is 5.35. The van der Waals surface area contributed by atoms with Crippen LogP contribution in [0.5, 0.6) is 5.75 Å². The first-order valence-electron chi connectivity index (χ1n) is 5.71. The Morgan fingerprint density at radius 3 is 2.53 bits per heavy atom. The molecule has 5 heteroatoms. The highest BCUT2D eigenvalue weighted by atomic mass is 35.5.